The van der Waals surface area contributed by atoms with Crippen LogP contribution in [0.2, 0.25) is 0 Å². The maximum Gasteiger partial charge on any atom is 0.173 e. The molecule has 6 nitrogen and oxygen atoms in total. The molecule has 1 saturated heterocycles. The first-order valence-electron chi connectivity index (χ1n) is 7.12. The van der Waals surface area contributed by atoms with E-state index in [9.17, 15) is 0 Å². The maximum atomic E-state index is 8.78. The van der Waals surface area contributed by atoms with Gasteiger partial charge < -0.3 is 20.4 Å². The molecular weight excluding hydrogens is 270 g/mol. The summed E-state index contributed by atoms with van der Waals surface area (Å²) in [4.78, 5) is 2.37. The van der Waals surface area contributed by atoms with E-state index in [1.165, 1.54) is 0 Å². The van der Waals surface area contributed by atoms with E-state index in [0.29, 0.717) is 11.3 Å². The lowest BCUT2D eigenvalue weighted by molar-refractivity contribution is 0.0668. The molecule has 0 aliphatic carbocycles. The van der Waals surface area contributed by atoms with Gasteiger partial charge in [-0.05, 0) is 31.0 Å². The number of amidine groups is 1. The van der Waals surface area contributed by atoms with E-state index in [4.69, 9.17) is 20.4 Å². The van der Waals surface area contributed by atoms with Gasteiger partial charge in [0.15, 0.2) is 5.84 Å². The molecule has 0 amide bonds. The molecule has 1 atom stereocenters. The largest absolute Gasteiger partial charge is 0.496 e. The molecule has 0 radical (unpaired) electrons. The van der Waals surface area contributed by atoms with Gasteiger partial charge in [0.2, 0.25) is 0 Å². The van der Waals surface area contributed by atoms with Gasteiger partial charge in [0.05, 0.1) is 18.8 Å². The fraction of sp³-hybridized carbons (Fsp3) is 0.533. The normalized spacial score (nSPS) is 21.0. The molecule has 1 aliphatic rings. The number of nitrogens with zero attached hydrogens (tertiary/aromatic N) is 2. The van der Waals surface area contributed by atoms with Gasteiger partial charge in [-0.25, -0.2) is 0 Å². The Hall–Kier alpha value is -1.79. The number of ether oxygens (including phenoxy) is 2. The molecule has 0 spiro atoms. The van der Waals surface area contributed by atoms with Crippen LogP contribution in [0, 0.1) is 0 Å². The predicted octanol–water partition coefficient (Wildman–Crippen LogP) is 1.40. The van der Waals surface area contributed by atoms with E-state index in [2.05, 4.69) is 17.0 Å². The lowest BCUT2D eigenvalue weighted by atomic mass is 10.1. The number of benzene rings is 1. The standard InChI is InChI=1S/C15H23N3O3/c1-11-9-18(6-3-7-21-11)10-12-4-5-13(15(16)17-19)14(8-12)20-2/h4-5,8,11,19H,3,6-7,9-10H2,1-2H3,(H2,16,17). The fourth-order valence-electron chi connectivity index (χ4n) is 2.58. The lowest BCUT2D eigenvalue weighted by Gasteiger charge is -2.22. The molecule has 21 heavy (non-hydrogen) atoms. The third-order valence-electron chi connectivity index (χ3n) is 3.59. The van der Waals surface area contributed by atoms with Gasteiger partial charge in [-0.2, -0.15) is 0 Å². The van der Waals surface area contributed by atoms with Crippen LogP contribution in [0.5, 0.6) is 5.75 Å². The predicted molar refractivity (Wildman–Crippen MR) is 80.8 cm³/mol. The fourth-order valence-corrected chi connectivity index (χ4v) is 2.58. The van der Waals surface area contributed by atoms with E-state index < -0.39 is 0 Å². The Morgan fingerprint density at radius 3 is 3.10 bits per heavy atom. The Bertz CT molecular complexity index is 505. The van der Waals surface area contributed by atoms with Gasteiger partial charge in [-0.1, -0.05) is 11.2 Å². The summed E-state index contributed by atoms with van der Waals surface area (Å²) in [6, 6.07) is 5.73. The van der Waals surface area contributed by atoms with Crippen molar-refractivity contribution in [3.05, 3.63) is 29.3 Å². The van der Waals surface area contributed by atoms with Crippen LogP contribution in [0.15, 0.2) is 23.4 Å². The van der Waals surface area contributed by atoms with Crippen molar-refractivity contribution in [2.45, 2.75) is 26.0 Å². The smallest absolute Gasteiger partial charge is 0.173 e. The summed E-state index contributed by atoms with van der Waals surface area (Å²) in [6.45, 7) is 5.70. The zero-order valence-electron chi connectivity index (χ0n) is 12.6. The Morgan fingerprint density at radius 2 is 2.38 bits per heavy atom. The number of hydrogen-bond acceptors (Lipinski definition) is 5. The number of hydrogen-bond donors (Lipinski definition) is 2. The molecule has 2 rings (SSSR count). The van der Waals surface area contributed by atoms with Gasteiger partial charge >= 0.3 is 0 Å². The average Bonchev–Trinajstić information content (AvgIpc) is 2.70. The molecule has 116 valence electrons. The molecular formula is C15H23N3O3. The molecule has 1 aromatic carbocycles. The van der Waals surface area contributed by atoms with Crippen LogP contribution in [0.25, 0.3) is 0 Å². The Kier molecular flexibility index (Phi) is 5.41. The minimum absolute atomic E-state index is 0.0511. The second-order valence-electron chi connectivity index (χ2n) is 5.29. The van der Waals surface area contributed by atoms with Gasteiger partial charge in [0.25, 0.3) is 0 Å². The Morgan fingerprint density at radius 1 is 1.57 bits per heavy atom. The van der Waals surface area contributed by atoms with Crippen LogP contribution in [0.1, 0.15) is 24.5 Å². The van der Waals surface area contributed by atoms with Gasteiger partial charge in [-0.3, -0.25) is 4.90 Å². The lowest BCUT2D eigenvalue weighted by Crippen LogP contribution is -2.29. The summed E-state index contributed by atoms with van der Waals surface area (Å²) >= 11 is 0. The van der Waals surface area contributed by atoms with Crippen molar-refractivity contribution in [2.75, 3.05) is 26.8 Å². The Labute approximate surface area is 125 Å². The summed E-state index contributed by atoms with van der Waals surface area (Å²) in [7, 11) is 1.58. The van der Waals surface area contributed by atoms with E-state index >= 15 is 0 Å². The number of oxime groups is 1. The molecule has 1 aliphatic heterocycles. The van der Waals surface area contributed by atoms with Crippen molar-refractivity contribution in [1.82, 2.24) is 4.90 Å². The summed E-state index contributed by atoms with van der Waals surface area (Å²) in [5.74, 6) is 0.664. The molecule has 6 heteroatoms. The number of nitrogens with two attached hydrogens (primary N) is 1. The molecule has 0 bridgehead atoms. The molecule has 0 saturated carbocycles. The Balaban J connectivity index is 2.13. The monoisotopic (exact) mass is 293 g/mol. The molecule has 1 heterocycles. The highest BCUT2D eigenvalue weighted by molar-refractivity contribution is 5.99. The van der Waals surface area contributed by atoms with Crippen LogP contribution in [0.3, 0.4) is 0 Å². The summed E-state index contributed by atoms with van der Waals surface area (Å²) in [5.41, 5.74) is 7.37. The van der Waals surface area contributed by atoms with Crippen molar-refractivity contribution >= 4 is 5.84 Å². The van der Waals surface area contributed by atoms with E-state index in [0.717, 1.165) is 38.2 Å². The van der Waals surface area contributed by atoms with Crippen molar-refractivity contribution in [3.63, 3.8) is 0 Å². The van der Waals surface area contributed by atoms with Gasteiger partial charge in [0.1, 0.15) is 5.75 Å². The highest BCUT2D eigenvalue weighted by Crippen LogP contribution is 2.21. The van der Waals surface area contributed by atoms with Crippen molar-refractivity contribution in [3.8, 4) is 5.75 Å². The van der Waals surface area contributed by atoms with Gasteiger partial charge in [0, 0.05) is 26.2 Å². The van der Waals surface area contributed by atoms with E-state index in [1.54, 1.807) is 7.11 Å². The molecule has 1 fully saturated rings. The zero-order valence-corrected chi connectivity index (χ0v) is 12.6. The summed E-state index contributed by atoms with van der Waals surface area (Å²) in [5, 5.41) is 11.8. The highest BCUT2D eigenvalue weighted by atomic mass is 16.5. The highest BCUT2D eigenvalue weighted by Gasteiger charge is 2.16. The maximum absolute atomic E-state index is 8.78. The van der Waals surface area contributed by atoms with Crippen LogP contribution in [-0.4, -0.2) is 48.9 Å². The first kappa shape index (κ1) is 15.6. The van der Waals surface area contributed by atoms with Crippen LogP contribution >= 0.6 is 0 Å². The van der Waals surface area contributed by atoms with E-state index in [-0.39, 0.29) is 11.9 Å². The zero-order chi connectivity index (χ0) is 15.2. The minimum atomic E-state index is 0.0511. The molecule has 0 aromatic heterocycles. The van der Waals surface area contributed by atoms with Crippen molar-refractivity contribution < 1.29 is 14.7 Å². The van der Waals surface area contributed by atoms with Gasteiger partial charge in [-0.15, -0.1) is 0 Å². The molecule has 1 unspecified atom stereocenters. The topological polar surface area (TPSA) is 80.3 Å². The first-order chi connectivity index (χ1) is 10.1. The third kappa shape index (κ3) is 4.09. The molecule has 1 aromatic rings. The third-order valence-corrected chi connectivity index (χ3v) is 3.59. The summed E-state index contributed by atoms with van der Waals surface area (Å²) < 4.78 is 11.0. The molecule has 3 N–H and O–H groups in total. The van der Waals surface area contributed by atoms with E-state index in [1.807, 2.05) is 18.2 Å². The second kappa shape index (κ2) is 7.28. The second-order valence-corrected chi connectivity index (χ2v) is 5.29. The minimum Gasteiger partial charge on any atom is -0.496 e. The SMILES string of the molecule is COc1cc(CN2CCCOC(C)C2)ccc1/C(N)=N/O. The van der Waals surface area contributed by atoms with Crippen LogP contribution in [-0.2, 0) is 11.3 Å². The first-order valence-corrected chi connectivity index (χ1v) is 7.12. The summed E-state index contributed by atoms with van der Waals surface area (Å²) in [6.07, 6.45) is 1.30. The van der Waals surface area contributed by atoms with Crippen molar-refractivity contribution in [1.29, 1.82) is 0 Å². The quantitative estimate of drug-likeness (QED) is 0.380. The number of methoxy groups -OCH3 is 1. The number of rotatable bonds is 4. The van der Waals surface area contributed by atoms with Crippen LogP contribution < -0.4 is 10.5 Å². The average molecular weight is 293 g/mol. The van der Waals surface area contributed by atoms with Crippen molar-refractivity contribution in [2.24, 2.45) is 10.9 Å². The van der Waals surface area contributed by atoms with Crippen LogP contribution in [0.4, 0.5) is 0 Å².